The summed E-state index contributed by atoms with van der Waals surface area (Å²) in [5.41, 5.74) is 3.03. The molecule has 1 aliphatic heterocycles. The van der Waals surface area contributed by atoms with Gasteiger partial charge in [0.2, 0.25) is 0 Å². The Morgan fingerprint density at radius 2 is 1.89 bits per heavy atom. The molecule has 0 unspecified atom stereocenters. The fraction of sp³-hybridized carbons (Fsp3) is 0.458. The van der Waals surface area contributed by atoms with Crippen LogP contribution in [-0.2, 0) is 6.54 Å². The minimum atomic E-state index is -0.0577. The summed E-state index contributed by atoms with van der Waals surface area (Å²) in [6.07, 6.45) is 2.62. The first kappa shape index (κ1) is 20.4. The van der Waals surface area contributed by atoms with E-state index >= 15 is 0 Å². The van der Waals surface area contributed by atoms with E-state index in [0.717, 1.165) is 23.8 Å². The number of likely N-dealkylation sites (tertiary alicyclic amines) is 1. The van der Waals surface area contributed by atoms with Crippen LogP contribution in [0.2, 0.25) is 0 Å². The Labute approximate surface area is 168 Å². The van der Waals surface area contributed by atoms with E-state index < -0.39 is 0 Å². The van der Waals surface area contributed by atoms with Crippen LogP contribution >= 0.6 is 0 Å². The molecule has 0 spiro atoms. The van der Waals surface area contributed by atoms with Crippen LogP contribution in [0.4, 0.5) is 0 Å². The van der Waals surface area contributed by atoms with Crippen molar-refractivity contribution in [2.45, 2.75) is 46.2 Å². The zero-order valence-corrected chi connectivity index (χ0v) is 17.3. The van der Waals surface area contributed by atoms with Gasteiger partial charge in [-0.1, -0.05) is 31.2 Å². The summed E-state index contributed by atoms with van der Waals surface area (Å²) >= 11 is 0. The van der Waals surface area contributed by atoms with E-state index in [9.17, 15) is 4.79 Å². The summed E-state index contributed by atoms with van der Waals surface area (Å²) in [6, 6.07) is 15.8. The molecule has 1 aliphatic rings. The number of hydrogen-bond donors (Lipinski definition) is 1. The summed E-state index contributed by atoms with van der Waals surface area (Å²) in [5.74, 6) is 1.59. The Hall–Kier alpha value is -2.33. The molecule has 2 atom stereocenters. The molecule has 1 heterocycles. The Kier molecular flexibility index (Phi) is 7.10. The van der Waals surface area contributed by atoms with Crippen LogP contribution in [0.5, 0.6) is 5.75 Å². The fourth-order valence-corrected chi connectivity index (χ4v) is 3.83. The summed E-state index contributed by atoms with van der Waals surface area (Å²) in [5, 5.41) is 3.08. The van der Waals surface area contributed by atoms with Gasteiger partial charge in [-0.2, -0.15) is 0 Å². The highest BCUT2D eigenvalue weighted by molar-refractivity contribution is 5.94. The number of rotatable bonds is 7. The normalized spacial score (nSPS) is 18.5. The highest BCUT2D eigenvalue weighted by Gasteiger charge is 2.16. The van der Waals surface area contributed by atoms with Crippen molar-refractivity contribution in [3.05, 3.63) is 65.2 Å². The molecule has 1 fully saturated rings. The van der Waals surface area contributed by atoms with E-state index in [1.54, 1.807) is 0 Å². The van der Waals surface area contributed by atoms with Crippen LogP contribution < -0.4 is 10.1 Å². The van der Waals surface area contributed by atoms with Crippen LogP contribution in [0.25, 0.3) is 0 Å². The predicted molar refractivity (Wildman–Crippen MR) is 114 cm³/mol. The van der Waals surface area contributed by atoms with Crippen LogP contribution in [0.1, 0.15) is 61.1 Å². The van der Waals surface area contributed by atoms with Gasteiger partial charge >= 0.3 is 0 Å². The van der Waals surface area contributed by atoms with Crippen molar-refractivity contribution in [3.63, 3.8) is 0 Å². The minimum absolute atomic E-state index is 0.0421. The SMILES string of the molecule is CCOc1ccc([C@@H](C)NC(=O)c2ccc(CN3CCC[C@@H](C)C3)cc2)cc1. The fourth-order valence-electron chi connectivity index (χ4n) is 3.83. The van der Waals surface area contributed by atoms with Crippen LogP contribution in [0, 0.1) is 5.92 Å². The molecule has 1 amide bonds. The number of carbonyl (C=O) groups is 1. The maximum absolute atomic E-state index is 12.6. The Morgan fingerprint density at radius 3 is 2.54 bits per heavy atom. The smallest absolute Gasteiger partial charge is 0.251 e. The van der Waals surface area contributed by atoms with Crippen LogP contribution in [0.3, 0.4) is 0 Å². The van der Waals surface area contributed by atoms with Crippen molar-refractivity contribution >= 4 is 5.91 Å². The second-order valence-corrected chi connectivity index (χ2v) is 7.88. The number of ether oxygens (including phenoxy) is 1. The zero-order valence-electron chi connectivity index (χ0n) is 17.3. The van der Waals surface area contributed by atoms with E-state index in [0.29, 0.717) is 12.2 Å². The lowest BCUT2D eigenvalue weighted by atomic mass is 9.99. The number of nitrogens with one attached hydrogen (secondary N) is 1. The first-order valence-corrected chi connectivity index (χ1v) is 10.4. The van der Waals surface area contributed by atoms with Gasteiger partial charge in [-0.3, -0.25) is 9.69 Å². The van der Waals surface area contributed by atoms with Gasteiger partial charge < -0.3 is 10.1 Å². The summed E-state index contributed by atoms with van der Waals surface area (Å²) in [7, 11) is 0. The second-order valence-electron chi connectivity index (χ2n) is 7.88. The second kappa shape index (κ2) is 9.74. The maximum atomic E-state index is 12.6. The number of hydrogen-bond acceptors (Lipinski definition) is 3. The molecule has 0 aromatic heterocycles. The Bertz CT molecular complexity index is 755. The van der Waals surface area contributed by atoms with Gasteiger partial charge in [0, 0.05) is 18.7 Å². The van der Waals surface area contributed by atoms with Gasteiger partial charge in [0.25, 0.3) is 5.91 Å². The third-order valence-corrected chi connectivity index (χ3v) is 5.40. The monoisotopic (exact) mass is 380 g/mol. The van der Waals surface area contributed by atoms with E-state index in [1.807, 2.05) is 50.2 Å². The van der Waals surface area contributed by atoms with Gasteiger partial charge in [0.1, 0.15) is 5.75 Å². The number of nitrogens with zero attached hydrogens (tertiary/aromatic N) is 1. The maximum Gasteiger partial charge on any atom is 0.251 e. The third-order valence-electron chi connectivity index (χ3n) is 5.40. The molecule has 4 nitrogen and oxygen atoms in total. The molecular formula is C24H32N2O2. The highest BCUT2D eigenvalue weighted by atomic mass is 16.5. The summed E-state index contributed by atoms with van der Waals surface area (Å²) in [4.78, 5) is 15.1. The molecule has 2 aromatic carbocycles. The van der Waals surface area contributed by atoms with E-state index in [4.69, 9.17) is 4.74 Å². The van der Waals surface area contributed by atoms with E-state index in [-0.39, 0.29) is 11.9 Å². The number of carbonyl (C=O) groups excluding carboxylic acids is 1. The van der Waals surface area contributed by atoms with Crippen molar-refractivity contribution in [1.82, 2.24) is 10.2 Å². The van der Waals surface area contributed by atoms with Gasteiger partial charge in [-0.05, 0) is 74.5 Å². The van der Waals surface area contributed by atoms with Crippen molar-refractivity contribution in [2.24, 2.45) is 5.92 Å². The van der Waals surface area contributed by atoms with Crippen molar-refractivity contribution in [3.8, 4) is 5.75 Å². The first-order chi connectivity index (χ1) is 13.5. The average molecular weight is 381 g/mol. The number of piperidine rings is 1. The molecule has 1 N–H and O–H groups in total. The molecule has 3 rings (SSSR count). The topological polar surface area (TPSA) is 41.6 Å². The molecule has 150 valence electrons. The molecule has 28 heavy (non-hydrogen) atoms. The number of amides is 1. The van der Waals surface area contributed by atoms with Gasteiger partial charge in [-0.25, -0.2) is 0 Å². The predicted octanol–water partition coefficient (Wildman–Crippen LogP) is 4.81. The highest BCUT2D eigenvalue weighted by Crippen LogP contribution is 2.20. The Morgan fingerprint density at radius 1 is 1.18 bits per heavy atom. The van der Waals surface area contributed by atoms with Gasteiger partial charge in [0.15, 0.2) is 0 Å². The number of benzene rings is 2. The lowest BCUT2D eigenvalue weighted by Crippen LogP contribution is -2.33. The lowest BCUT2D eigenvalue weighted by Gasteiger charge is -2.30. The van der Waals surface area contributed by atoms with Crippen molar-refractivity contribution in [1.29, 1.82) is 0 Å². The molecule has 0 aliphatic carbocycles. The zero-order chi connectivity index (χ0) is 19.9. The molecule has 4 heteroatoms. The molecule has 0 bridgehead atoms. The summed E-state index contributed by atoms with van der Waals surface area (Å²) < 4.78 is 5.47. The van der Waals surface area contributed by atoms with Crippen LogP contribution in [0.15, 0.2) is 48.5 Å². The molecule has 0 saturated carbocycles. The standard InChI is InChI=1S/C24H32N2O2/c1-4-28-23-13-11-21(12-14-23)19(3)25-24(27)22-9-7-20(8-10-22)17-26-15-5-6-18(2)16-26/h7-14,18-19H,4-6,15-17H2,1-3H3,(H,25,27)/t18-,19-/m1/s1. The van der Waals surface area contributed by atoms with Crippen LogP contribution in [-0.4, -0.2) is 30.5 Å². The van der Waals surface area contributed by atoms with Crippen molar-refractivity contribution in [2.75, 3.05) is 19.7 Å². The third kappa shape index (κ3) is 5.59. The molecule has 0 radical (unpaired) electrons. The first-order valence-electron chi connectivity index (χ1n) is 10.4. The Balaban J connectivity index is 1.55. The molecular weight excluding hydrogens is 348 g/mol. The average Bonchev–Trinajstić information content (AvgIpc) is 2.69. The summed E-state index contributed by atoms with van der Waals surface area (Å²) in [6.45, 7) is 10.3. The van der Waals surface area contributed by atoms with Crippen molar-refractivity contribution < 1.29 is 9.53 Å². The largest absolute Gasteiger partial charge is 0.494 e. The van der Waals surface area contributed by atoms with Gasteiger partial charge in [-0.15, -0.1) is 0 Å². The lowest BCUT2D eigenvalue weighted by molar-refractivity contribution is 0.0940. The van der Waals surface area contributed by atoms with Gasteiger partial charge in [0.05, 0.1) is 12.6 Å². The quantitative estimate of drug-likeness (QED) is 0.750. The minimum Gasteiger partial charge on any atom is -0.494 e. The van der Waals surface area contributed by atoms with E-state index in [2.05, 4.69) is 29.3 Å². The molecule has 1 saturated heterocycles. The molecule has 2 aromatic rings. The van der Waals surface area contributed by atoms with E-state index in [1.165, 1.54) is 31.5 Å².